The van der Waals surface area contributed by atoms with Gasteiger partial charge < -0.3 is 5.32 Å². The molecule has 2 amide bonds. The Morgan fingerprint density at radius 3 is 2.58 bits per heavy atom. The lowest BCUT2D eigenvalue weighted by Crippen LogP contribution is -2.31. The summed E-state index contributed by atoms with van der Waals surface area (Å²) in [6.45, 7) is 0.251. The van der Waals surface area contributed by atoms with E-state index in [0.29, 0.717) is 9.23 Å². The molecule has 0 unspecified atom stereocenters. The topological polar surface area (TPSA) is 49.4 Å². The average molecular weight is 445 g/mol. The Labute approximate surface area is 190 Å². The number of hydrogen-bond acceptors (Lipinski definition) is 4. The van der Waals surface area contributed by atoms with Crippen LogP contribution < -0.4 is 5.32 Å². The van der Waals surface area contributed by atoms with Crippen LogP contribution in [0.15, 0.2) is 89.9 Å². The van der Waals surface area contributed by atoms with Gasteiger partial charge in [0.1, 0.15) is 4.32 Å². The van der Waals surface area contributed by atoms with Crippen LogP contribution in [0.2, 0.25) is 0 Å². The molecule has 0 bridgehead atoms. The number of thioether (sulfide) groups is 1. The van der Waals surface area contributed by atoms with E-state index < -0.39 is 0 Å². The van der Waals surface area contributed by atoms with Gasteiger partial charge in [-0.3, -0.25) is 14.5 Å². The van der Waals surface area contributed by atoms with Crippen LogP contribution in [0.4, 0.5) is 5.69 Å². The van der Waals surface area contributed by atoms with Crippen LogP contribution in [0.1, 0.15) is 12.0 Å². The van der Waals surface area contributed by atoms with Crippen LogP contribution in [0.25, 0.3) is 16.8 Å². The zero-order valence-corrected chi connectivity index (χ0v) is 18.3. The smallest absolute Gasteiger partial charge is 0.266 e. The van der Waals surface area contributed by atoms with E-state index >= 15 is 0 Å². The molecule has 0 atom stereocenters. The van der Waals surface area contributed by atoms with Crippen LogP contribution in [0.5, 0.6) is 0 Å². The summed E-state index contributed by atoms with van der Waals surface area (Å²) in [4.78, 5) is 27.3. The first-order valence-corrected chi connectivity index (χ1v) is 11.1. The number of amides is 2. The summed E-state index contributed by atoms with van der Waals surface area (Å²) in [6.07, 6.45) is 5.71. The fourth-order valence-electron chi connectivity index (χ4n) is 3.28. The Balaban J connectivity index is 1.36. The van der Waals surface area contributed by atoms with E-state index in [2.05, 4.69) is 5.32 Å². The van der Waals surface area contributed by atoms with Crippen molar-refractivity contribution in [2.75, 3.05) is 11.9 Å². The first-order valence-electron chi connectivity index (χ1n) is 9.86. The van der Waals surface area contributed by atoms with E-state index in [0.717, 1.165) is 22.0 Å². The fourth-order valence-corrected chi connectivity index (χ4v) is 4.54. The Hall–Kier alpha value is -3.22. The molecule has 0 saturated carbocycles. The highest BCUT2D eigenvalue weighted by Gasteiger charge is 2.31. The van der Waals surface area contributed by atoms with Crippen molar-refractivity contribution in [1.82, 2.24) is 4.90 Å². The van der Waals surface area contributed by atoms with E-state index in [-0.39, 0.29) is 24.8 Å². The van der Waals surface area contributed by atoms with Gasteiger partial charge in [-0.25, -0.2) is 0 Å². The third-order valence-electron chi connectivity index (χ3n) is 4.84. The first-order chi connectivity index (χ1) is 15.1. The zero-order chi connectivity index (χ0) is 21.6. The van der Waals surface area contributed by atoms with Crippen molar-refractivity contribution in [3.05, 3.63) is 95.4 Å². The zero-order valence-electron chi connectivity index (χ0n) is 16.7. The highest BCUT2D eigenvalue weighted by Crippen LogP contribution is 2.31. The highest BCUT2D eigenvalue weighted by molar-refractivity contribution is 8.26. The molecule has 1 fully saturated rings. The molecule has 1 N–H and O–H groups in total. The second-order valence-electron chi connectivity index (χ2n) is 6.95. The normalized spacial score (nSPS) is 15.4. The minimum atomic E-state index is -0.161. The highest BCUT2D eigenvalue weighted by atomic mass is 32.2. The largest absolute Gasteiger partial charge is 0.325 e. The molecule has 154 valence electrons. The van der Waals surface area contributed by atoms with Gasteiger partial charge in [0.15, 0.2) is 0 Å². The molecular weight excluding hydrogens is 424 g/mol. The van der Waals surface area contributed by atoms with Crippen molar-refractivity contribution >= 4 is 62.7 Å². The number of nitrogens with zero attached hydrogens (tertiary/aromatic N) is 1. The Kier molecular flexibility index (Phi) is 6.60. The maximum atomic E-state index is 12.7. The predicted molar refractivity (Wildman–Crippen MR) is 133 cm³/mol. The van der Waals surface area contributed by atoms with Crippen molar-refractivity contribution in [3.8, 4) is 0 Å². The number of carbonyl (C=O) groups excluding carboxylic acids is 2. The quantitative estimate of drug-likeness (QED) is 0.396. The summed E-state index contributed by atoms with van der Waals surface area (Å²) < 4.78 is 0.474. The molecule has 31 heavy (non-hydrogen) atoms. The van der Waals surface area contributed by atoms with Gasteiger partial charge in [-0.05, 0) is 23.1 Å². The Bertz CT molecular complexity index is 1200. The molecule has 3 aromatic carbocycles. The summed E-state index contributed by atoms with van der Waals surface area (Å²) in [5.41, 5.74) is 1.82. The third-order valence-corrected chi connectivity index (χ3v) is 6.23. The number of carbonyl (C=O) groups is 2. The van der Waals surface area contributed by atoms with Gasteiger partial charge in [0.2, 0.25) is 5.91 Å². The second kappa shape index (κ2) is 9.73. The van der Waals surface area contributed by atoms with Crippen molar-refractivity contribution in [3.63, 3.8) is 0 Å². The van der Waals surface area contributed by atoms with Crippen molar-refractivity contribution in [2.45, 2.75) is 6.42 Å². The number of nitrogens with one attached hydrogen (secondary N) is 1. The number of benzene rings is 3. The maximum Gasteiger partial charge on any atom is 0.266 e. The lowest BCUT2D eigenvalue weighted by atomic mass is 10.1. The standard InChI is InChI=1S/C25H20N2O2S2/c28-23(26-21-14-7-12-19-11-4-5-13-20(19)21)16-17-27-24(29)22(31-25(27)30)15-6-10-18-8-2-1-3-9-18/h1-15H,16-17H2,(H,26,28)/b10-6+,22-15-. The molecule has 0 aromatic heterocycles. The molecule has 3 aromatic rings. The summed E-state index contributed by atoms with van der Waals surface area (Å²) >= 11 is 6.62. The molecule has 1 saturated heterocycles. The Morgan fingerprint density at radius 2 is 1.74 bits per heavy atom. The number of hydrogen-bond donors (Lipinski definition) is 1. The fraction of sp³-hybridized carbons (Fsp3) is 0.0800. The molecule has 4 nitrogen and oxygen atoms in total. The van der Waals surface area contributed by atoms with Crippen molar-refractivity contribution < 1.29 is 9.59 Å². The van der Waals surface area contributed by atoms with Crippen molar-refractivity contribution in [2.24, 2.45) is 0 Å². The lowest BCUT2D eigenvalue weighted by Gasteiger charge is -2.14. The van der Waals surface area contributed by atoms with E-state index in [4.69, 9.17) is 12.2 Å². The second-order valence-corrected chi connectivity index (χ2v) is 8.63. The van der Waals surface area contributed by atoms with Gasteiger partial charge in [0, 0.05) is 24.0 Å². The number of rotatable bonds is 6. The summed E-state index contributed by atoms with van der Waals surface area (Å²) in [6, 6.07) is 23.5. The van der Waals surface area contributed by atoms with Crippen LogP contribution in [-0.2, 0) is 9.59 Å². The molecule has 0 spiro atoms. The Morgan fingerprint density at radius 1 is 1.00 bits per heavy atom. The summed E-state index contributed by atoms with van der Waals surface area (Å²) in [5, 5.41) is 4.99. The monoisotopic (exact) mass is 444 g/mol. The van der Waals surface area contributed by atoms with Gasteiger partial charge in [-0.15, -0.1) is 0 Å². The number of allylic oxidation sites excluding steroid dienone is 2. The molecule has 0 aliphatic carbocycles. The van der Waals surface area contributed by atoms with Crippen LogP contribution in [-0.4, -0.2) is 27.6 Å². The molecular formula is C25H20N2O2S2. The minimum absolute atomic E-state index is 0.154. The maximum absolute atomic E-state index is 12.7. The summed E-state index contributed by atoms with van der Waals surface area (Å²) in [7, 11) is 0. The molecule has 1 aliphatic rings. The molecule has 4 rings (SSSR count). The van der Waals surface area contributed by atoms with Gasteiger partial charge in [0.25, 0.3) is 5.91 Å². The first kappa shape index (κ1) is 21.0. The van der Waals surface area contributed by atoms with E-state index in [1.807, 2.05) is 84.9 Å². The number of thiocarbonyl (C=S) groups is 1. The van der Waals surface area contributed by atoms with Crippen molar-refractivity contribution in [1.29, 1.82) is 0 Å². The predicted octanol–water partition coefficient (Wildman–Crippen LogP) is 5.63. The van der Waals surface area contributed by atoms with E-state index in [1.165, 1.54) is 16.7 Å². The van der Waals surface area contributed by atoms with E-state index in [1.54, 1.807) is 6.08 Å². The van der Waals surface area contributed by atoms with Gasteiger partial charge in [-0.2, -0.15) is 0 Å². The molecule has 1 heterocycles. The van der Waals surface area contributed by atoms with Gasteiger partial charge >= 0.3 is 0 Å². The summed E-state index contributed by atoms with van der Waals surface area (Å²) in [5.74, 6) is -0.316. The lowest BCUT2D eigenvalue weighted by molar-refractivity contribution is -0.122. The van der Waals surface area contributed by atoms with Crippen LogP contribution in [0.3, 0.4) is 0 Å². The SMILES string of the molecule is O=C(CCN1C(=O)/C(=C/C=C/c2ccccc2)SC1=S)Nc1cccc2ccccc12. The molecule has 1 aliphatic heterocycles. The van der Waals surface area contributed by atoms with Gasteiger partial charge in [-0.1, -0.05) is 103 Å². The van der Waals surface area contributed by atoms with Crippen LogP contribution in [0, 0.1) is 0 Å². The van der Waals surface area contributed by atoms with E-state index in [9.17, 15) is 9.59 Å². The molecule has 6 heteroatoms. The van der Waals surface area contributed by atoms with Gasteiger partial charge in [0.05, 0.1) is 4.91 Å². The third kappa shape index (κ3) is 5.10. The average Bonchev–Trinajstić information content (AvgIpc) is 3.06. The van der Waals surface area contributed by atoms with Crippen LogP contribution >= 0.6 is 24.0 Å². The number of fused-ring (bicyclic) bond motifs is 1. The molecule has 0 radical (unpaired) electrons. The number of anilines is 1. The minimum Gasteiger partial charge on any atom is -0.325 e.